The van der Waals surface area contributed by atoms with Gasteiger partial charge < -0.3 is 5.32 Å². The number of carbonyl (C=O) groups excluding carboxylic acids is 3. The van der Waals surface area contributed by atoms with Gasteiger partial charge in [0.25, 0.3) is 11.8 Å². The number of nitrogens with zero attached hydrogens (tertiary/aromatic N) is 4. The second kappa shape index (κ2) is 6.64. The number of rotatable bonds is 4. The van der Waals surface area contributed by atoms with Crippen LogP contribution in [0, 0.1) is 6.92 Å². The van der Waals surface area contributed by atoms with Crippen molar-refractivity contribution in [2.24, 2.45) is 10.3 Å². The summed E-state index contributed by atoms with van der Waals surface area (Å²) in [6.07, 6.45) is 0. The Morgan fingerprint density at radius 1 is 1.04 bits per heavy atom. The number of carbonyl (C=O) groups is 3. The van der Waals surface area contributed by atoms with Crippen LogP contribution >= 0.6 is 0 Å². The predicted octanol–water partition coefficient (Wildman–Crippen LogP) is 1.93. The van der Waals surface area contributed by atoms with E-state index in [1.165, 1.54) is 5.01 Å². The van der Waals surface area contributed by atoms with Crippen molar-refractivity contribution >= 4 is 29.1 Å². The number of aryl methyl sites for hydroxylation is 1. The molecule has 0 aromatic heterocycles. The molecule has 2 aliphatic heterocycles. The van der Waals surface area contributed by atoms with Crippen LogP contribution in [0.2, 0.25) is 0 Å². The standard InChI is InChI=1S/C19H17N5O3/c1-12-7-5-6-10-14(12)24-18(26)16-17(19(24)27)23(22-21-16)11-15(25)20-13-8-3-2-4-9-13/h2-10,16-17H,11H2,1H3,(H,20,25)/t16-,17-/m1/s1. The number of fused-ring (bicyclic) bond motifs is 1. The van der Waals surface area contributed by atoms with Crippen molar-refractivity contribution in [2.45, 2.75) is 19.0 Å². The highest BCUT2D eigenvalue weighted by atomic mass is 16.2. The van der Waals surface area contributed by atoms with Gasteiger partial charge in [-0.15, -0.1) is 0 Å². The van der Waals surface area contributed by atoms with Gasteiger partial charge >= 0.3 is 0 Å². The third kappa shape index (κ3) is 2.95. The molecule has 1 saturated heterocycles. The normalized spacial score (nSPS) is 20.9. The van der Waals surface area contributed by atoms with E-state index in [1.807, 2.05) is 25.1 Å². The predicted molar refractivity (Wildman–Crippen MR) is 97.9 cm³/mol. The van der Waals surface area contributed by atoms with Gasteiger partial charge in [0.15, 0.2) is 12.1 Å². The molecule has 2 aromatic carbocycles. The SMILES string of the molecule is Cc1ccccc1N1C(=O)[C@@H]2N=NN(CC(=O)Nc3ccccc3)[C@H]2C1=O. The van der Waals surface area contributed by atoms with Crippen molar-refractivity contribution in [1.82, 2.24) is 5.01 Å². The number of benzene rings is 2. The van der Waals surface area contributed by atoms with Crippen LogP contribution in [-0.2, 0) is 14.4 Å². The summed E-state index contributed by atoms with van der Waals surface area (Å²) in [6, 6.07) is 14.3. The van der Waals surface area contributed by atoms with Crippen LogP contribution in [0.4, 0.5) is 11.4 Å². The number of anilines is 2. The Hall–Kier alpha value is -3.55. The molecule has 8 heteroatoms. The lowest BCUT2D eigenvalue weighted by Crippen LogP contribution is -2.43. The fourth-order valence-electron chi connectivity index (χ4n) is 3.27. The Bertz CT molecular complexity index is 943. The summed E-state index contributed by atoms with van der Waals surface area (Å²) in [5.41, 5.74) is 1.99. The zero-order valence-corrected chi connectivity index (χ0v) is 14.6. The minimum absolute atomic E-state index is 0.166. The van der Waals surface area contributed by atoms with E-state index in [0.717, 1.165) is 10.5 Å². The Kier molecular flexibility index (Phi) is 4.15. The zero-order chi connectivity index (χ0) is 19.0. The number of amides is 3. The number of hydrogen-bond donors (Lipinski definition) is 1. The summed E-state index contributed by atoms with van der Waals surface area (Å²) in [4.78, 5) is 39.0. The van der Waals surface area contributed by atoms with E-state index < -0.39 is 23.9 Å². The Labute approximate surface area is 155 Å². The second-order valence-electron chi connectivity index (χ2n) is 6.40. The van der Waals surface area contributed by atoms with E-state index in [0.29, 0.717) is 11.4 Å². The molecule has 2 aliphatic rings. The van der Waals surface area contributed by atoms with E-state index in [1.54, 1.807) is 36.4 Å². The number of hydrogen-bond acceptors (Lipinski definition) is 6. The average Bonchev–Trinajstić information content (AvgIpc) is 3.17. The van der Waals surface area contributed by atoms with Gasteiger partial charge in [-0.2, -0.15) is 5.11 Å². The highest BCUT2D eigenvalue weighted by Crippen LogP contribution is 2.33. The number of imide groups is 1. The summed E-state index contributed by atoms with van der Waals surface area (Å²) in [7, 11) is 0. The van der Waals surface area contributed by atoms with Crippen molar-refractivity contribution in [1.29, 1.82) is 0 Å². The average molecular weight is 363 g/mol. The van der Waals surface area contributed by atoms with E-state index >= 15 is 0 Å². The molecule has 0 unspecified atom stereocenters. The molecular weight excluding hydrogens is 346 g/mol. The van der Waals surface area contributed by atoms with Gasteiger partial charge in [-0.3, -0.25) is 19.4 Å². The molecule has 1 fully saturated rings. The maximum absolute atomic E-state index is 12.9. The van der Waals surface area contributed by atoms with Crippen LogP contribution in [0.5, 0.6) is 0 Å². The van der Waals surface area contributed by atoms with Crippen molar-refractivity contribution in [2.75, 3.05) is 16.8 Å². The van der Waals surface area contributed by atoms with Crippen LogP contribution in [0.3, 0.4) is 0 Å². The smallest absolute Gasteiger partial charge is 0.263 e. The number of para-hydroxylation sites is 2. The first kappa shape index (κ1) is 16.9. The molecule has 0 spiro atoms. The molecule has 1 N–H and O–H groups in total. The van der Waals surface area contributed by atoms with E-state index in [4.69, 9.17) is 0 Å². The van der Waals surface area contributed by atoms with Gasteiger partial charge in [0.05, 0.1) is 5.69 Å². The summed E-state index contributed by atoms with van der Waals surface area (Å²) in [5, 5.41) is 11.8. The largest absolute Gasteiger partial charge is 0.324 e. The van der Waals surface area contributed by atoms with Gasteiger partial charge in [-0.1, -0.05) is 41.6 Å². The summed E-state index contributed by atoms with van der Waals surface area (Å²) in [6.45, 7) is 1.66. The lowest BCUT2D eigenvalue weighted by atomic mass is 10.1. The van der Waals surface area contributed by atoms with Gasteiger partial charge in [-0.25, -0.2) is 4.90 Å². The Morgan fingerprint density at radius 3 is 2.48 bits per heavy atom. The molecule has 27 heavy (non-hydrogen) atoms. The van der Waals surface area contributed by atoms with Crippen LogP contribution in [0.1, 0.15) is 5.56 Å². The first-order valence-electron chi connectivity index (χ1n) is 8.52. The first-order valence-corrected chi connectivity index (χ1v) is 8.52. The quantitative estimate of drug-likeness (QED) is 0.840. The molecule has 136 valence electrons. The fraction of sp³-hybridized carbons (Fsp3) is 0.211. The van der Waals surface area contributed by atoms with Crippen LogP contribution < -0.4 is 10.2 Å². The third-order valence-electron chi connectivity index (χ3n) is 4.58. The van der Waals surface area contributed by atoms with Crippen LogP contribution in [0.25, 0.3) is 0 Å². The fourth-order valence-corrected chi connectivity index (χ4v) is 3.27. The van der Waals surface area contributed by atoms with Crippen LogP contribution in [-0.4, -0.2) is 41.4 Å². The van der Waals surface area contributed by atoms with Gasteiger partial charge in [-0.05, 0) is 30.7 Å². The molecular formula is C19H17N5O3. The summed E-state index contributed by atoms with van der Waals surface area (Å²) >= 11 is 0. The molecule has 0 bridgehead atoms. The maximum atomic E-state index is 12.9. The van der Waals surface area contributed by atoms with Crippen molar-refractivity contribution in [3.63, 3.8) is 0 Å². The monoisotopic (exact) mass is 363 g/mol. The zero-order valence-electron chi connectivity index (χ0n) is 14.6. The Morgan fingerprint density at radius 2 is 1.74 bits per heavy atom. The summed E-state index contributed by atoms with van der Waals surface area (Å²) < 4.78 is 0. The molecule has 0 radical (unpaired) electrons. The maximum Gasteiger partial charge on any atom is 0.263 e. The Balaban J connectivity index is 1.51. The van der Waals surface area contributed by atoms with Gasteiger partial charge in [0.2, 0.25) is 5.91 Å². The topological polar surface area (TPSA) is 94.4 Å². The third-order valence-corrected chi connectivity index (χ3v) is 4.58. The molecule has 8 nitrogen and oxygen atoms in total. The molecule has 2 aromatic rings. The highest BCUT2D eigenvalue weighted by Gasteiger charge is 2.55. The van der Waals surface area contributed by atoms with Crippen molar-refractivity contribution in [3.8, 4) is 0 Å². The summed E-state index contributed by atoms with van der Waals surface area (Å²) in [5.74, 6) is -1.18. The molecule has 3 amide bonds. The van der Waals surface area contributed by atoms with E-state index in [-0.39, 0.29) is 12.5 Å². The van der Waals surface area contributed by atoms with E-state index in [2.05, 4.69) is 15.7 Å². The lowest BCUT2D eigenvalue weighted by Gasteiger charge is -2.21. The van der Waals surface area contributed by atoms with E-state index in [9.17, 15) is 14.4 Å². The van der Waals surface area contributed by atoms with Crippen molar-refractivity contribution in [3.05, 3.63) is 60.2 Å². The van der Waals surface area contributed by atoms with Crippen molar-refractivity contribution < 1.29 is 14.4 Å². The van der Waals surface area contributed by atoms with Gasteiger partial charge in [0, 0.05) is 5.69 Å². The minimum Gasteiger partial charge on any atom is -0.324 e. The molecule has 0 aliphatic carbocycles. The highest BCUT2D eigenvalue weighted by molar-refractivity contribution is 6.25. The van der Waals surface area contributed by atoms with Gasteiger partial charge in [0.1, 0.15) is 6.54 Å². The first-order chi connectivity index (χ1) is 13.1. The minimum atomic E-state index is -0.915. The molecule has 4 rings (SSSR count). The van der Waals surface area contributed by atoms with Crippen LogP contribution in [0.15, 0.2) is 64.9 Å². The second-order valence-corrected chi connectivity index (χ2v) is 6.40. The number of nitrogens with one attached hydrogen (secondary N) is 1. The molecule has 2 atom stereocenters. The lowest BCUT2D eigenvalue weighted by molar-refractivity contribution is -0.123. The molecule has 0 saturated carbocycles. The molecule has 2 heterocycles.